The molecule has 5 heteroatoms. The van der Waals surface area contributed by atoms with Crippen molar-refractivity contribution in [1.82, 2.24) is 5.06 Å². The van der Waals surface area contributed by atoms with Gasteiger partial charge in [-0.05, 0) is 18.8 Å². The van der Waals surface area contributed by atoms with E-state index in [1.807, 2.05) is 6.92 Å². The summed E-state index contributed by atoms with van der Waals surface area (Å²) in [6.45, 7) is 5.19. The lowest BCUT2D eigenvalue weighted by molar-refractivity contribution is -0.195. The summed E-state index contributed by atoms with van der Waals surface area (Å²) < 4.78 is 0. The molecule has 2 fully saturated rings. The normalized spacial score (nSPS) is 32.3. The Kier molecular flexibility index (Phi) is 3.00. The molecule has 0 aromatic rings. The topological polar surface area (TPSA) is 63.7 Å². The molecule has 0 bridgehead atoms. The summed E-state index contributed by atoms with van der Waals surface area (Å²) in [5.74, 6) is -2.03. The Hall–Kier alpha value is -1.65. The molecule has 1 saturated carbocycles. The summed E-state index contributed by atoms with van der Waals surface area (Å²) in [4.78, 5) is 39.7. The van der Waals surface area contributed by atoms with Gasteiger partial charge in [-0.15, -0.1) is 5.06 Å². The van der Waals surface area contributed by atoms with Crippen LogP contribution in [-0.2, 0) is 19.2 Å². The van der Waals surface area contributed by atoms with Crippen LogP contribution in [-0.4, -0.2) is 22.8 Å². The largest absolute Gasteiger partial charge is 0.356 e. The van der Waals surface area contributed by atoms with E-state index in [0.717, 1.165) is 18.9 Å². The number of carbonyl (C=O) groups is 3. The lowest BCUT2D eigenvalue weighted by Gasteiger charge is -2.26. The number of nitrogens with zero attached hydrogens (tertiary/aromatic N) is 1. The molecule has 0 spiro atoms. The van der Waals surface area contributed by atoms with Crippen molar-refractivity contribution < 1.29 is 19.2 Å². The Morgan fingerprint density at radius 2 is 2.12 bits per heavy atom. The van der Waals surface area contributed by atoms with Gasteiger partial charge in [0.05, 0.1) is 11.8 Å². The second kappa shape index (κ2) is 4.31. The molecule has 92 valence electrons. The molecule has 0 radical (unpaired) electrons. The van der Waals surface area contributed by atoms with Gasteiger partial charge in [-0.1, -0.05) is 19.9 Å². The molecular formula is C12H15NO4. The molecule has 2 amide bonds. The van der Waals surface area contributed by atoms with Crippen LogP contribution in [0.15, 0.2) is 12.7 Å². The molecule has 1 aliphatic heterocycles. The third kappa shape index (κ3) is 1.85. The first kappa shape index (κ1) is 11.8. The van der Waals surface area contributed by atoms with Crippen LogP contribution < -0.4 is 0 Å². The van der Waals surface area contributed by atoms with Crippen LogP contribution in [0.5, 0.6) is 0 Å². The van der Waals surface area contributed by atoms with Gasteiger partial charge in [0.1, 0.15) is 0 Å². The molecule has 2 aliphatic rings. The van der Waals surface area contributed by atoms with E-state index in [1.165, 1.54) is 0 Å². The molecule has 0 aromatic carbocycles. The zero-order valence-electron chi connectivity index (χ0n) is 9.72. The second-order valence-electron chi connectivity index (χ2n) is 4.63. The number of rotatable bonds is 2. The lowest BCUT2D eigenvalue weighted by Crippen LogP contribution is -2.33. The molecule has 1 aliphatic carbocycles. The Morgan fingerprint density at radius 3 is 2.71 bits per heavy atom. The lowest BCUT2D eigenvalue weighted by atomic mass is 9.74. The average molecular weight is 237 g/mol. The average Bonchev–Trinajstić information content (AvgIpc) is 2.55. The number of hydroxylamine groups is 2. The van der Waals surface area contributed by atoms with Crippen molar-refractivity contribution in [1.29, 1.82) is 0 Å². The van der Waals surface area contributed by atoms with Crippen LogP contribution in [0, 0.1) is 17.8 Å². The van der Waals surface area contributed by atoms with Crippen molar-refractivity contribution in [3.05, 3.63) is 12.7 Å². The fourth-order valence-electron chi connectivity index (χ4n) is 2.72. The van der Waals surface area contributed by atoms with E-state index in [1.54, 1.807) is 0 Å². The highest BCUT2D eigenvalue weighted by Crippen LogP contribution is 2.41. The monoisotopic (exact) mass is 237 g/mol. The van der Waals surface area contributed by atoms with Gasteiger partial charge in [-0.2, -0.15) is 0 Å². The van der Waals surface area contributed by atoms with Crippen molar-refractivity contribution in [2.24, 2.45) is 17.8 Å². The zero-order chi connectivity index (χ0) is 12.6. The van der Waals surface area contributed by atoms with Gasteiger partial charge >= 0.3 is 5.97 Å². The van der Waals surface area contributed by atoms with E-state index in [-0.39, 0.29) is 29.6 Å². The van der Waals surface area contributed by atoms with Gasteiger partial charge in [0.15, 0.2) is 0 Å². The molecule has 1 heterocycles. The van der Waals surface area contributed by atoms with Crippen LogP contribution in [0.3, 0.4) is 0 Å². The van der Waals surface area contributed by atoms with Crippen LogP contribution in [0.1, 0.15) is 26.2 Å². The van der Waals surface area contributed by atoms with E-state index in [9.17, 15) is 14.4 Å². The summed E-state index contributed by atoms with van der Waals surface area (Å²) >= 11 is 0. The third-order valence-corrected chi connectivity index (χ3v) is 3.57. The predicted molar refractivity (Wildman–Crippen MR) is 58.1 cm³/mol. The maximum absolute atomic E-state index is 12.0. The van der Waals surface area contributed by atoms with Crippen molar-refractivity contribution in [3.8, 4) is 0 Å². The van der Waals surface area contributed by atoms with Crippen LogP contribution in [0.2, 0.25) is 0 Å². The molecule has 17 heavy (non-hydrogen) atoms. The van der Waals surface area contributed by atoms with E-state index < -0.39 is 5.97 Å². The van der Waals surface area contributed by atoms with Crippen LogP contribution >= 0.6 is 0 Å². The van der Waals surface area contributed by atoms with Crippen molar-refractivity contribution >= 4 is 17.8 Å². The van der Waals surface area contributed by atoms with Gasteiger partial charge in [0.2, 0.25) is 0 Å². The predicted octanol–water partition coefficient (Wildman–Crippen LogP) is 1.05. The standard InChI is InChI=1S/C12H15NO4/c1-3-9(14)17-13-11(15)8-6-4-5-7(2)10(8)12(13)16/h3,7-8,10H,1,4-6H2,2H3. The molecule has 2 rings (SSSR count). The summed E-state index contributed by atoms with van der Waals surface area (Å²) in [6.07, 6.45) is 3.50. The van der Waals surface area contributed by atoms with Crippen molar-refractivity contribution in [2.75, 3.05) is 0 Å². The minimum atomic E-state index is -0.780. The summed E-state index contributed by atoms with van der Waals surface area (Å²) in [5, 5.41) is 0.626. The molecule has 0 N–H and O–H groups in total. The molecule has 0 aromatic heterocycles. The molecule has 5 nitrogen and oxygen atoms in total. The minimum absolute atomic E-state index is 0.164. The summed E-state index contributed by atoms with van der Waals surface area (Å²) in [7, 11) is 0. The quantitative estimate of drug-likeness (QED) is 0.532. The van der Waals surface area contributed by atoms with E-state index in [4.69, 9.17) is 4.84 Å². The van der Waals surface area contributed by atoms with Gasteiger partial charge in [0, 0.05) is 6.08 Å². The van der Waals surface area contributed by atoms with Gasteiger partial charge < -0.3 is 4.84 Å². The fraction of sp³-hybridized carbons (Fsp3) is 0.583. The minimum Gasteiger partial charge on any atom is -0.326 e. The van der Waals surface area contributed by atoms with Gasteiger partial charge in [-0.3, -0.25) is 9.59 Å². The number of fused-ring (bicyclic) bond motifs is 1. The molecule has 1 saturated heterocycles. The van der Waals surface area contributed by atoms with Crippen LogP contribution in [0.4, 0.5) is 0 Å². The number of hydrogen-bond donors (Lipinski definition) is 0. The third-order valence-electron chi connectivity index (χ3n) is 3.57. The van der Waals surface area contributed by atoms with Gasteiger partial charge in [-0.25, -0.2) is 4.79 Å². The number of hydrogen-bond acceptors (Lipinski definition) is 4. The van der Waals surface area contributed by atoms with E-state index in [2.05, 4.69) is 6.58 Å². The number of amides is 2. The first-order valence-electron chi connectivity index (χ1n) is 5.78. The summed E-state index contributed by atoms with van der Waals surface area (Å²) in [5.41, 5.74) is 0. The molecular weight excluding hydrogens is 222 g/mol. The zero-order valence-corrected chi connectivity index (χ0v) is 9.72. The summed E-state index contributed by atoms with van der Waals surface area (Å²) in [6, 6.07) is 0. The smallest absolute Gasteiger partial charge is 0.326 e. The maximum Gasteiger partial charge on any atom is 0.356 e. The highest BCUT2D eigenvalue weighted by Gasteiger charge is 2.52. The highest BCUT2D eigenvalue weighted by molar-refractivity contribution is 6.05. The Labute approximate surface area is 99.4 Å². The SMILES string of the molecule is C=CC(=O)ON1C(=O)C2CCCC(C)C2C1=O. The van der Waals surface area contributed by atoms with Gasteiger partial charge in [0.25, 0.3) is 11.8 Å². The number of carbonyl (C=O) groups excluding carboxylic acids is 3. The number of imide groups is 1. The Balaban J connectivity index is 2.20. The Morgan fingerprint density at radius 1 is 1.41 bits per heavy atom. The fourth-order valence-corrected chi connectivity index (χ4v) is 2.72. The highest BCUT2D eigenvalue weighted by atomic mass is 16.7. The first-order chi connectivity index (χ1) is 8.06. The Bertz CT molecular complexity index is 390. The van der Waals surface area contributed by atoms with Crippen molar-refractivity contribution in [2.45, 2.75) is 26.2 Å². The van der Waals surface area contributed by atoms with E-state index in [0.29, 0.717) is 11.5 Å². The molecule has 3 atom stereocenters. The first-order valence-corrected chi connectivity index (χ1v) is 5.78. The second-order valence-corrected chi connectivity index (χ2v) is 4.63. The van der Waals surface area contributed by atoms with Crippen LogP contribution in [0.25, 0.3) is 0 Å². The molecule has 3 unspecified atom stereocenters. The van der Waals surface area contributed by atoms with Crippen molar-refractivity contribution in [3.63, 3.8) is 0 Å². The maximum atomic E-state index is 12.0. The van der Waals surface area contributed by atoms with E-state index >= 15 is 0 Å².